The largest absolute Gasteiger partial charge is 0.462 e. The van der Waals surface area contributed by atoms with E-state index in [2.05, 4.69) is 21.9 Å². The van der Waals surface area contributed by atoms with Gasteiger partial charge in [0.1, 0.15) is 36.8 Å². The van der Waals surface area contributed by atoms with Crippen LogP contribution in [0.4, 0.5) is 17.6 Å². The number of anilines is 3. The minimum absolute atomic E-state index is 0.0367. The molecular formula is C17H26N6O5S. The summed E-state index contributed by atoms with van der Waals surface area (Å²) in [4.78, 5) is 22.6. The van der Waals surface area contributed by atoms with E-state index in [1.54, 1.807) is 25.8 Å². The van der Waals surface area contributed by atoms with Gasteiger partial charge in [-0.1, -0.05) is 32.2 Å². The van der Waals surface area contributed by atoms with Crippen molar-refractivity contribution in [1.29, 1.82) is 0 Å². The Kier molecular flexibility index (Phi) is 6.19. The molecule has 0 bridgehead atoms. The Morgan fingerprint density at radius 3 is 2.72 bits per heavy atom. The number of hydrogen-bond donors (Lipinski definition) is 5. The molecule has 3 heterocycles. The number of fused-ring (bicyclic) bond motifs is 1. The van der Waals surface area contributed by atoms with Crippen LogP contribution in [0.3, 0.4) is 0 Å². The molecule has 0 radical (unpaired) electrons. The van der Waals surface area contributed by atoms with Crippen LogP contribution in [0.5, 0.6) is 0 Å². The van der Waals surface area contributed by atoms with E-state index >= 15 is 0 Å². The topological polar surface area (TPSA) is 169 Å². The third-order valence-electron chi connectivity index (χ3n) is 4.79. The Bertz CT molecular complexity index is 809. The van der Waals surface area contributed by atoms with Gasteiger partial charge < -0.3 is 36.5 Å². The van der Waals surface area contributed by atoms with Gasteiger partial charge in [0.15, 0.2) is 12.0 Å². The highest BCUT2D eigenvalue weighted by Gasteiger charge is 2.49. The molecule has 0 aliphatic carbocycles. The highest BCUT2D eigenvalue weighted by molar-refractivity contribution is 8.03. The Morgan fingerprint density at radius 1 is 1.41 bits per heavy atom. The fourth-order valence-corrected chi connectivity index (χ4v) is 4.05. The molecular weight excluding hydrogens is 400 g/mol. The average molecular weight is 426 g/mol. The number of nitrogens with zero attached hydrogens (tertiary/aromatic N) is 3. The lowest BCUT2D eigenvalue weighted by Crippen LogP contribution is -2.42. The lowest BCUT2D eigenvalue weighted by molar-refractivity contribution is -0.151. The smallest absolute Gasteiger partial charge is 0.323 e. The first kappa shape index (κ1) is 21.6. The van der Waals surface area contributed by atoms with Crippen LogP contribution in [0.15, 0.2) is 16.5 Å². The maximum atomic E-state index is 12.0. The van der Waals surface area contributed by atoms with Crippen LogP contribution in [0, 0.1) is 5.92 Å². The summed E-state index contributed by atoms with van der Waals surface area (Å²) in [6.45, 7) is 7.33. The summed E-state index contributed by atoms with van der Waals surface area (Å²) in [5.41, 5.74) is 11.6. The summed E-state index contributed by atoms with van der Waals surface area (Å²) < 4.78 is 11.0. The van der Waals surface area contributed by atoms with Crippen molar-refractivity contribution >= 4 is 35.3 Å². The van der Waals surface area contributed by atoms with Crippen molar-refractivity contribution in [2.45, 2.75) is 49.3 Å². The molecule has 1 fully saturated rings. The van der Waals surface area contributed by atoms with Crippen LogP contribution >= 0.6 is 11.8 Å². The van der Waals surface area contributed by atoms with Gasteiger partial charge in [0.2, 0.25) is 5.95 Å². The molecule has 29 heavy (non-hydrogen) atoms. The standard InChI is InChI=1S/C17H26N6O5S/c1-6(2)9(18)16(26)27-5-8-10(24)11(25)15(28-8)23-7(3)29-12-13(20-4)21-17(19)22-14(12)23/h6,8-11,15,24-25H,3,5,18H2,1-2,4H3,(H3,19,20,21,22)/t8-,9+,10-,11-,15-/m1/s1. The second-order valence-corrected chi connectivity index (χ2v) is 8.23. The fourth-order valence-electron chi connectivity index (χ4n) is 3.04. The molecule has 7 N–H and O–H groups in total. The number of ether oxygens (including phenoxy) is 2. The maximum Gasteiger partial charge on any atom is 0.323 e. The Hall–Kier alpha value is -2.12. The Balaban J connectivity index is 1.77. The van der Waals surface area contributed by atoms with Crippen molar-refractivity contribution in [1.82, 2.24) is 9.97 Å². The van der Waals surface area contributed by atoms with Gasteiger partial charge in [-0.3, -0.25) is 9.69 Å². The zero-order chi connectivity index (χ0) is 21.5. The molecule has 1 aromatic heterocycles. The van der Waals surface area contributed by atoms with E-state index in [9.17, 15) is 15.0 Å². The number of hydrogen-bond acceptors (Lipinski definition) is 12. The fraction of sp³-hybridized carbons (Fsp3) is 0.588. The molecule has 1 aromatic rings. The summed E-state index contributed by atoms with van der Waals surface area (Å²) >= 11 is 1.29. The number of aromatic nitrogens is 2. The van der Waals surface area contributed by atoms with Crippen LogP contribution in [-0.2, 0) is 14.3 Å². The van der Waals surface area contributed by atoms with Crippen molar-refractivity contribution in [3.05, 3.63) is 11.6 Å². The first-order valence-electron chi connectivity index (χ1n) is 9.10. The highest BCUT2D eigenvalue weighted by atomic mass is 32.2. The van der Waals surface area contributed by atoms with Crippen molar-refractivity contribution in [3.8, 4) is 0 Å². The minimum atomic E-state index is -1.30. The van der Waals surface area contributed by atoms with Crippen LogP contribution in [0.2, 0.25) is 0 Å². The van der Waals surface area contributed by atoms with Gasteiger partial charge in [-0.15, -0.1) is 0 Å². The first-order valence-corrected chi connectivity index (χ1v) is 9.92. The number of thioether (sulfide) groups is 1. The number of nitrogen functional groups attached to an aromatic ring is 1. The summed E-state index contributed by atoms with van der Waals surface area (Å²) in [6, 6.07) is -0.782. The molecule has 1 saturated heterocycles. The van der Waals surface area contributed by atoms with Gasteiger partial charge in [0.25, 0.3) is 0 Å². The predicted octanol–water partition coefficient (Wildman–Crippen LogP) is -0.543. The zero-order valence-electron chi connectivity index (χ0n) is 16.4. The van der Waals surface area contributed by atoms with Gasteiger partial charge in [0, 0.05) is 7.05 Å². The summed E-state index contributed by atoms with van der Waals surface area (Å²) in [5.74, 6) is 0.270. The summed E-state index contributed by atoms with van der Waals surface area (Å²) in [7, 11) is 1.70. The van der Waals surface area contributed by atoms with E-state index in [4.69, 9.17) is 20.9 Å². The number of esters is 1. The number of carbonyl (C=O) groups excluding carboxylic acids is 1. The van der Waals surface area contributed by atoms with E-state index in [1.165, 1.54) is 11.8 Å². The number of nitrogens with one attached hydrogen (secondary N) is 1. The molecule has 11 nitrogen and oxygen atoms in total. The van der Waals surface area contributed by atoms with Crippen LogP contribution in [0.25, 0.3) is 0 Å². The van der Waals surface area contributed by atoms with Crippen molar-refractivity contribution in [2.75, 3.05) is 29.6 Å². The van der Waals surface area contributed by atoms with E-state index < -0.39 is 36.6 Å². The molecule has 12 heteroatoms. The van der Waals surface area contributed by atoms with Crippen LogP contribution in [0.1, 0.15) is 13.8 Å². The Labute approximate surface area is 172 Å². The molecule has 2 aliphatic rings. The van der Waals surface area contributed by atoms with Gasteiger partial charge in [-0.2, -0.15) is 9.97 Å². The number of rotatable bonds is 6. The van der Waals surface area contributed by atoms with Crippen molar-refractivity contribution < 1.29 is 24.5 Å². The molecule has 2 aliphatic heterocycles. The predicted molar refractivity (Wildman–Crippen MR) is 108 cm³/mol. The second-order valence-electron chi connectivity index (χ2n) is 7.15. The SMILES string of the molecule is C=C1Sc2c(NC)nc(N)nc2N1[C@@H]1O[C@H](COC(=O)[C@@H](N)C(C)C)[C@@H](O)[C@H]1O. The van der Waals surface area contributed by atoms with E-state index in [0.29, 0.717) is 21.6 Å². The summed E-state index contributed by atoms with van der Waals surface area (Å²) in [6.07, 6.45) is -4.52. The zero-order valence-corrected chi connectivity index (χ0v) is 17.2. The second kappa shape index (κ2) is 8.32. The molecule has 0 aromatic carbocycles. The molecule has 0 unspecified atom stereocenters. The number of aliphatic hydroxyl groups excluding tert-OH is 2. The van der Waals surface area contributed by atoms with Crippen LogP contribution in [-0.4, -0.2) is 70.4 Å². The highest BCUT2D eigenvalue weighted by Crippen LogP contribution is 2.50. The van der Waals surface area contributed by atoms with Gasteiger partial charge in [-0.25, -0.2) is 0 Å². The van der Waals surface area contributed by atoms with Gasteiger partial charge >= 0.3 is 5.97 Å². The number of nitrogens with two attached hydrogens (primary N) is 2. The minimum Gasteiger partial charge on any atom is -0.462 e. The third-order valence-corrected chi connectivity index (χ3v) is 5.80. The molecule has 0 amide bonds. The normalized spacial score (nSPS) is 27.3. The van der Waals surface area contributed by atoms with E-state index in [0.717, 1.165) is 0 Å². The van der Waals surface area contributed by atoms with E-state index in [1.807, 2.05) is 0 Å². The third kappa shape index (κ3) is 3.98. The average Bonchev–Trinajstić information content (AvgIpc) is 3.14. The monoisotopic (exact) mass is 426 g/mol. The van der Waals surface area contributed by atoms with Crippen molar-refractivity contribution in [3.63, 3.8) is 0 Å². The van der Waals surface area contributed by atoms with Gasteiger partial charge in [0.05, 0.1) is 9.92 Å². The van der Waals surface area contributed by atoms with Crippen molar-refractivity contribution in [2.24, 2.45) is 11.7 Å². The Morgan fingerprint density at radius 2 is 2.10 bits per heavy atom. The number of aliphatic hydroxyl groups is 2. The molecule has 160 valence electrons. The first-order chi connectivity index (χ1) is 13.6. The molecule has 3 rings (SSSR count). The molecule has 0 spiro atoms. The quantitative estimate of drug-likeness (QED) is 0.369. The van der Waals surface area contributed by atoms with Crippen LogP contribution < -0.4 is 21.7 Å². The maximum absolute atomic E-state index is 12.0. The molecule has 0 saturated carbocycles. The molecule has 5 atom stereocenters. The van der Waals surface area contributed by atoms with E-state index in [-0.39, 0.29) is 18.5 Å². The number of carbonyl (C=O) groups is 1. The lowest BCUT2D eigenvalue weighted by Gasteiger charge is -2.28. The lowest BCUT2D eigenvalue weighted by atomic mass is 10.1. The summed E-state index contributed by atoms with van der Waals surface area (Å²) in [5, 5.41) is 24.4. The van der Waals surface area contributed by atoms with Gasteiger partial charge in [-0.05, 0) is 5.92 Å².